The van der Waals surface area contributed by atoms with Crippen molar-refractivity contribution in [1.29, 1.82) is 0 Å². The number of hydrogen-bond acceptors (Lipinski definition) is 4. The van der Waals surface area contributed by atoms with Gasteiger partial charge in [-0.25, -0.2) is 0 Å². The van der Waals surface area contributed by atoms with Crippen LogP contribution in [-0.4, -0.2) is 24.6 Å². The van der Waals surface area contributed by atoms with E-state index in [0.717, 1.165) is 24.0 Å². The second kappa shape index (κ2) is 6.34. The lowest BCUT2D eigenvalue weighted by molar-refractivity contribution is -0.156. The van der Waals surface area contributed by atoms with Gasteiger partial charge in [-0.05, 0) is 58.1 Å². The van der Waals surface area contributed by atoms with E-state index in [1.165, 1.54) is 7.11 Å². The molecule has 1 saturated carbocycles. The van der Waals surface area contributed by atoms with Gasteiger partial charge in [-0.3, -0.25) is 9.59 Å². The highest BCUT2D eigenvalue weighted by molar-refractivity contribution is 5.80. The summed E-state index contributed by atoms with van der Waals surface area (Å²) in [6.45, 7) is 7.43. The van der Waals surface area contributed by atoms with Crippen LogP contribution in [0.3, 0.4) is 0 Å². The molecule has 4 heteroatoms. The molecule has 0 saturated heterocycles. The highest BCUT2D eigenvalue weighted by atomic mass is 16.6. The van der Waals surface area contributed by atoms with E-state index in [4.69, 9.17) is 9.47 Å². The Labute approximate surface area is 138 Å². The Bertz CT molecular complexity index is 594. The number of esters is 2. The van der Waals surface area contributed by atoms with Crippen molar-refractivity contribution in [2.24, 2.45) is 5.41 Å². The van der Waals surface area contributed by atoms with Gasteiger partial charge in [0.05, 0.1) is 18.4 Å². The van der Waals surface area contributed by atoms with Crippen molar-refractivity contribution in [2.45, 2.75) is 58.5 Å². The number of carbonyl (C=O) groups is 2. The number of carbonyl (C=O) groups excluding carboxylic acids is 2. The van der Waals surface area contributed by atoms with Gasteiger partial charge in [0.2, 0.25) is 0 Å². The van der Waals surface area contributed by atoms with Crippen LogP contribution in [0.1, 0.15) is 57.6 Å². The molecule has 23 heavy (non-hydrogen) atoms. The van der Waals surface area contributed by atoms with Crippen LogP contribution in [0.4, 0.5) is 0 Å². The van der Waals surface area contributed by atoms with E-state index in [0.29, 0.717) is 6.42 Å². The van der Waals surface area contributed by atoms with Crippen LogP contribution in [0, 0.1) is 5.41 Å². The van der Waals surface area contributed by atoms with Crippen LogP contribution in [-0.2, 0) is 25.5 Å². The molecule has 0 radical (unpaired) electrons. The van der Waals surface area contributed by atoms with E-state index >= 15 is 0 Å². The fourth-order valence-corrected chi connectivity index (χ4v) is 2.71. The van der Waals surface area contributed by atoms with Gasteiger partial charge in [-0.2, -0.15) is 0 Å². The van der Waals surface area contributed by atoms with Crippen molar-refractivity contribution < 1.29 is 19.1 Å². The minimum absolute atomic E-state index is 0.136. The summed E-state index contributed by atoms with van der Waals surface area (Å²) >= 11 is 0. The molecule has 0 spiro atoms. The summed E-state index contributed by atoms with van der Waals surface area (Å²) in [6, 6.07) is 7.85. The standard InChI is InChI=1S/C19H26O4/c1-13(16(20)23-18(2,3)4)15-8-6-7-14(11-15)12-19(9-10-19)17(21)22-5/h6-8,11,13H,9-10,12H2,1-5H3. The maximum atomic E-state index is 12.2. The number of hydrogen-bond donors (Lipinski definition) is 0. The topological polar surface area (TPSA) is 52.6 Å². The predicted molar refractivity (Wildman–Crippen MR) is 88.1 cm³/mol. The van der Waals surface area contributed by atoms with Crippen LogP contribution in [0.15, 0.2) is 24.3 Å². The second-order valence-corrected chi connectivity index (χ2v) is 7.45. The van der Waals surface area contributed by atoms with Gasteiger partial charge in [-0.15, -0.1) is 0 Å². The zero-order valence-corrected chi connectivity index (χ0v) is 14.6. The molecule has 0 bridgehead atoms. The van der Waals surface area contributed by atoms with E-state index in [1.807, 2.05) is 52.0 Å². The quantitative estimate of drug-likeness (QED) is 0.778. The van der Waals surface area contributed by atoms with E-state index in [2.05, 4.69) is 0 Å². The monoisotopic (exact) mass is 318 g/mol. The van der Waals surface area contributed by atoms with Gasteiger partial charge < -0.3 is 9.47 Å². The third kappa shape index (κ3) is 4.34. The molecule has 2 rings (SSSR count). The maximum absolute atomic E-state index is 12.2. The van der Waals surface area contributed by atoms with Crippen LogP contribution in [0.25, 0.3) is 0 Å². The van der Waals surface area contributed by atoms with Crippen LogP contribution in [0.2, 0.25) is 0 Å². The zero-order chi connectivity index (χ0) is 17.3. The molecule has 0 aromatic heterocycles. The van der Waals surface area contributed by atoms with Gasteiger partial charge in [0.1, 0.15) is 5.60 Å². The summed E-state index contributed by atoms with van der Waals surface area (Å²) < 4.78 is 10.4. The van der Waals surface area contributed by atoms with Crippen LogP contribution < -0.4 is 0 Å². The third-order valence-electron chi connectivity index (χ3n) is 4.23. The summed E-state index contributed by atoms with van der Waals surface area (Å²) in [7, 11) is 1.43. The first-order valence-electron chi connectivity index (χ1n) is 8.07. The average molecular weight is 318 g/mol. The molecule has 1 aliphatic rings. The van der Waals surface area contributed by atoms with Crippen LogP contribution in [0.5, 0.6) is 0 Å². The van der Waals surface area contributed by atoms with Gasteiger partial charge in [0, 0.05) is 0 Å². The van der Waals surface area contributed by atoms with Crippen molar-refractivity contribution in [3.63, 3.8) is 0 Å². The van der Waals surface area contributed by atoms with Crippen molar-refractivity contribution in [1.82, 2.24) is 0 Å². The molecule has 1 fully saturated rings. The lowest BCUT2D eigenvalue weighted by Crippen LogP contribution is -2.27. The number of ether oxygens (including phenoxy) is 2. The summed E-state index contributed by atoms with van der Waals surface area (Å²) in [5.74, 6) is -0.700. The Morgan fingerprint density at radius 2 is 1.91 bits per heavy atom. The van der Waals surface area contributed by atoms with Gasteiger partial charge in [-0.1, -0.05) is 24.3 Å². The third-order valence-corrected chi connectivity index (χ3v) is 4.23. The van der Waals surface area contributed by atoms with Crippen molar-refractivity contribution in [3.05, 3.63) is 35.4 Å². The number of benzene rings is 1. The second-order valence-electron chi connectivity index (χ2n) is 7.45. The van der Waals surface area contributed by atoms with Crippen molar-refractivity contribution >= 4 is 11.9 Å². The molecule has 4 nitrogen and oxygen atoms in total. The Morgan fingerprint density at radius 1 is 1.26 bits per heavy atom. The highest BCUT2D eigenvalue weighted by Gasteiger charge is 2.50. The Morgan fingerprint density at radius 3 is 2.43 bits per heavy atom. The van der Waals surface area contributed by atoms with E-state index < -0.39 is 5.60 Å². The summed E-state index contributed by atoms with van der Waals surface area (Å²) in [5, 5.41) is 0. The maximum Gasteiger partial charge on any atom is 0.313 e. The summed E-state index contributed by atoms with van der Waals surface area (Å²) in [5.41, 5.74) is 1.12. The molecule has 1 aliphatic carbocycles. The summed E-state index contributed by atoms with van der Waals surface area (Å²) in [6.07, 6.45) is 2.39. The first-order chi connectivity index (χ1) is 10.7. The number of rotatable bonds is 5. The minimum atomic E-state index is -0.494. The Hall–Kier alpha value is -1.84. The highest BCUT2D eigenvalue weighted by Crippen LogP contribution is 2.49. The smallest absolute Gasteiger partial charge is 0.313 e. The molecule has 1 unspecified atom stereocenters. The SMILES string of the molecule is COC(=O)C1(Cc2cccc(C(C)C(=O)OC(C)(C)C)c2)CC1. The molecule has 0 aliphatic heterocycles. The van der Waals surface area contributed by atoms with Crippen molar-refractivity contribution in [3.8, 4) is 0 Å². The first-order valence-corrected chi connectivity index (χ1v) is 8.07. The first kappa shape index (κ1) is 17.5. The molecule has 0 heterocycles. The lowest BCUT2D eigenvalue weighted by Gasteiger charge is -2.22. The molecule has 126 valence electrons. The van der Waals surface area contributed by atoms with Crippen LogP contribution >= 0.6 is 0 Å². The zero-order valence-electron chi connectivity index (χ0n) is 14.6. The van der Waals surface area contributed by atoms with Gasteiger partial charge in [0.15, 0.2) is 0 Å². The summed E-state index contributed by atoms with van der Waals surface area (Å²) in [4.78, 5) is 24.1. The Balaban J connectivity index is 2.11. The predicted octanol–water partition coefficient (Wildman–Crippen LogP) is 3.63. The number of methoxy groups -OCH3 is 1. The fraction of sp³-hybridized carbons (Fsp3) is 0.579. The molecular weight excluding hydrogens is 292 g/mol. The van der Waals surface area contributed by atoms with E-state index in [-0.39, 0.29) is 23.3 Å². The van der Waals surface area contributed by atoms with Gasteiger partial charge >= 0.3 is 11.9 Å². The van der Waals surface area contributed by atoms with E-state index in [9.17, 15) is 9.59 Å². The minimum Gasteiger partial charge on any atom is -0.469 e. The Kier molecular flexibility index (Phi) is 4.83. The largest absolute Gasteiger partial charge is 0.469 e. The molecule has 1 aromatic rings. The normalized spacial score (nSPS) is 17.3. The fourth-order valence-electron chi connectivity index (χ4n) is 2.71. The lowest BCUT2D eigenvalue weighted by atomic mass is 9.92. The van der Waals surface area contributed by atoms with E-state index in [1.54, 1.807) is 0 Å². The molecule has 1 atom stereocenters. The van der Waals surface area contributed by atoms with Gasteiger partial charge in [0.25, 0.3) is 0 Å². The van der Waals surface area contributed by atoms with Crippen molar-refractivity contribution in [2.75, 3.05) is 7.11 Å². The molecular formula is C19H26O4. The molecule has 1 aromatic carbocycles. The molecule has 0 N–H and O–H groups in total. The molecule has 0 amide bonds. The average Bonchev–Trinajstić information content (AvgIpc) is 3.25.